The first kappa shape index (κ1) is 21.1. The van der Waals surface area contributed by atoms with Crippen LogP contribution in [0.1, 0.15) is 40.5 Å². The summed E-state index contributed by atoms with van der Waals surface area (Å²) in [4.78, 5) is 19.7. The number of halogens is 2. The molecule has 1 aliphatic rings. The number of amides is 1. The zero-order chi connectivity index (χ0) is 21.6. The smallest absolute Gasteiger partial charge is 0.251 e. The van der Waals surface area contributed by atoms with E-state index in [9.17, 15) is 13.6 Å². The van der Waals surface area contributed by atoms with E-state index in [0.717, 1.165) is 43.7 Å². The quantitative estimate of drug-likeness (QED) is 0.625. The Balaban J connectivity index is 1.52. The topological polar surface area (TPSA) is 45.2 Å². The van der Waals surface area contributed by atoms with E-state index in [4.69, 9.17) is 0 Å². The van der Waals surface area contributed by atoms with E-state index >= 15 is 0 Å². The average molecular weight is 421 g/mol. The molecule has 4 nitrogen and oxygen atoms in total. The van der Waals surface area contributed by atoms with Crippen molar-refractivity contribution >= 4 is 5.91 Å². The molecule has 1 aromatic heterocycles. The maximum atomic E-state index is 13.6. The Labute approximate surface area is 180 Å². The molecular formula is C25H25F2N3O. The van der Waals surface area contributed by atoms with Crippen molar-refractivity contribution in [2.45, 2.75) is 25.4 Å². The number of hydrogen-bond donors (Lipinski definition) is 1. The summed E-state index contributed by atoms with van der Waals surface area (Å²) in [6, 6.07) is 17.7. The number of pyridine rings is 1. The van der Waals surface area contributed by atoms with Crippen molar-refractivity contribution in [1.29, 1.82) is 0 Å². The lowest BCUT2D eigenvalue weighted by Gasteiger charge is -2.37. The fourth-order valence-electron chi connectivity index (χ4n) is 4.20. The van der Waals surface area contributed by atoms with Crippen LogP contribution in [0.4, 0.5) is 8.78 Å². The van der Waals surface area contributed by atoms with Gasteiger partial charge in [-0.05, 0) is 73.3 Å². The lowest BCUT2D eigenvalue weighted by atomic mass is 9.88. The maximum absolute atomic E-state index is 13.6. The Bertz CT molecular complexity index is 1010. The summed E-state index contributed by atoms with van der Waals surface area (Å²) in [5.74, 6) is -0.840. The van der Waals surface area contributed by atoms with Gasteiger partial charge in [0.05, 0.1) is 11.7 Å². The molecule has 1 aliphatic heterocycles. The molecule has 0 aliphatic carbocycles. The second kappa shape index (κ2) is 9.79. The lowest BCUT2D eigenvalue weighted by molar-refractivity contribution is 0.0874. The Morgan fingerprint density at radius 3 is 2.65 bits per heavy atom. The van der Waals surface area contributed by atoms with E-state index in [0.29, 0.717) is 5.56 Å². The molecule has 1 N–H and O–H groups in total. The number of nitrogens with zero attached hydrogens (tertiary/aromatic N) is 2. The molecule has 0 unspecified atom stereocenters. The van der Waals surface area contributed by atoms with E-state index in [1.165, 1.54) is 30.3 Å². The third-order valence-electron chi connectivity index (χ3n) is 5.71. The predicted octanol–water partition coefficient (Wildman–Crippen LogP) is 4.74. The summed E-state index contributed by atoms with van der Waals surface area (Å²) in [7, 11) is 0. The molecule has 0 saturated carbocycles. The second-order valence-electron chi connectivity index (χ2n) is 7.98. The molecule has 0 bridgehead atoms. The van der Waals surface area contributed by atoms with Gasteiger partial charge in [0.25, 0.3) is 5.91 Å². The number of nitrogens with one attached hydrogen (secondary N) is 1. The standard InChI is InChI=1S/C25H25F2N3O/c26-21-11-9-18(10-12-21)16-30-14-4-6-20(17-30)24(23-8-1-2-13-28-23)29-25(31)19-5-3-7-22(27)15-19/h1-3,5,7-13,15,20,24H,4,6,14,16-17H2,(H,29,31)/t20-,24-/m0/s1. The maximum Gasteiger partial charge on any atom is 0.251 e. The normalized spacial score (nSPS) is 17.8. The molecule has 3 aromatic rings. The predicted molar refractivity (Wildman–Crippen MR) is 115 cm³/mol. The Morgan fingerprint density at radius 2 is 1.90 bits per heavy atom. The number of benzene rings is 2. The lowest BCUT2D eigenvalue weighted by Crippen LogP contribution is -2.43. The van der Waals surface area contributed by atoms with Gasteiger partial charge in [0, 0.05) is 24.8 Å². The molecule has 0 spiro atoms. The molecule has 160 valence electrons. The molecule has 4 rings (SSSR count). The fraction of sp³-hybridized carbons (Fsp3) is 0.280. The van der Waals surface area contributed by atoms with Crippen molar-refractivity contribution in [3.05, 3.63) is 101 Å². The van der Waals surface area contributed by atoms with Crippen LogP contribution < -0.4 is 5.32 Å². The monoisotopic (exact) mass is 421 g/mol. The summed E-state index contributed by atoms with van der Waals surface area (Å²) in [5, 5.41) is 3.09. The van der Waals surface area contributed by atoms with E-state index in [1.54, 1.807) is 24.4 Å². The molecule has 0 radical (unpaired) electrons. The first-order valence-corrected chi connectivity index (χ1v) is 10.5. The van der Waals surface area contributed by atoms with Crippen LogP contribution in [0.3, 0.4) is 0 Å². The summed E-state index contributed by atoms with van der Waals surface area (Å²) < 4.78 is 26.8. The van der Waals surface area contributed by atoms with Crippen molar-refractivity contribution in [2.24, 2.45) is 5.92 Å². The minimum Gasteiger partial charge on any atom is -0.343 e. The van der Waals surface area contributed by atoms with Crippen LogP contribution in [0.25, 0.3) is 0 Å². The highest BCUT2D eigenvalue weighted by Crippen LogP contribution is 2.30. The van der Waals surface area contributed by atoms with Crippen molar-refractivity contribution in [2.75, 3.05) is 13.1 Å². The molecular weight excluding hydrogens is 396 g/mol. The van der Waals surface area contributed by atoms with Gasteiger partial charge >= 0.3 is 0 Å². The number of likely N-dealkylation sites (tertiary alicyclic amines) is 1. The molecule has 6 heteroatoms. The Hall–Kier alpha value is -3.12. The van der Waals surface area contributed by atoms with Gasteiger partial charge in [-0.1, -0.05) is 24.3 Å². The Kier molecular flexibility index (Phi) is 6.67. The van der Waals surface area contributed by atoms with Gasteiger partial charge in [-0.3, -0.25) is 14.7 Å². The van der Waals surface area contributed by atoms with Crippen LogP contribution in [0, 0.1) is 17.6 Å². The highest BCUT2D eigenvalue weighted by atomic mass is 19.1. The zero-order valence-electron chi connectivity index (χ0n) is 17.2. The highest BCUT2D eigenvalue weighted by molar-refractivity contribution is 5.94. The van der Waals surface area contributed by atoms with Gasteiger partial charge in [0.2, 0.25) is 0 Å². The fourth-order valence-corrected chi connectivity index (χ4v) is 4.20. The largest absolute Gasteiger partial charge is 0.343 e. The van der Waals surface area contributed by atoms with Gasteiger partial charge in [-0.2, -0.15) is 0 Å². The van der Waals surface area contributed by atoms with Gasteiger partial charge in [0.1, 0.15) is 11.6 Å². The van der Waals surface area contributed by atoms with Crippen molar-refractivity contribution in [3.8, 4) is 0 Å². The molecule has 31 heavy (non-hydrogen) atoms. The molecule has 1 amide bonds. The van der Waals surface area contributed by atoms with E-state index in [2.05, 4.69) is 15.2 Å². The SMILES string of the molecule is O=C(N[C@H](c1ccccn1)[C@H]1CCCN(Cc2ccc(F)cc2)C1)c1cccc(F)c1. The average Bonchev–Trinajstić information content (AvgIpc) is 2.79. The molecule has 2 aromatic carbocycles. The van der Waals surface area contributed by atoms with Gasteiger partial charge in [-0.15, -0.1) is 0 Å². The van der Waals surface area contributed by atoms with Crippen molar-refractivity contribution in [1.82, 2.24) is 15.2 Å². The van der Waals surface area contributed by atoms with Crippen LogP contribution in [0.15, 0.2) is 72.9 Å². The van der Waals surface area contributed by atoms with Crippen LogP contribution in [-0.4, -0.2) is 28.9 Å². The Morgan fingerprint density at radius 1 is 1.06 bits per heavy atom. The van der Waals surface area contributed by atoms with Crippen LogP contribution in [0.2, 0.25) is 0 Å². The molecule has 1 fully saturated rings. The summed E-state index contributed by atoms with van der Waals surface area (Å²) in [6.45, 7) is 2.45. The van der Waals surface area contributed by atoms with E-state index < -0.39 is 5.82 Å². The van der Waals surface area contributed by atoms with E-state index in [-0.39, 0.29) is 23.7 Å². The molecule has 2 atom stereocenters. The highest BCUT2D eigenvalue weighted by Gasteiger charge is 2.30. The zero-order valence-corrected chi connectivity index (χ0v) is 17.2. The van der Waals surface area contributed by atoms with Crippen LogP contribution in [-0.2, 0) is 6.54 Å². The number of rotatable bonds is 6. The van der Waals surface area contributed by atoms with Crippen LogP contribution >= 0.6 is 0 Å². The number of carbonyl (C=O) groups excluding carboxylic acids is 1. The third kappa shape index (κ3) is 5.52. The van der Waals surface area contributed by atoms with Gasteiger partial charge in [0.15, 0.2) is 0 Å². The minimum absolute atomic E-state index is 0.154. The van der Waals surface area contributed by atoms with Gasteiger partial charge < -0.3 is 5.32 Å². The molecule has 2 heterocycles. The summed E-state index contributed by atoms with van der Waals surface area (Å²) in [5.41, 5.74) is 2.14. The number of aromatic nitrogens is 1. The third-order valence-corrected chi connectivity index (χ3v) is 5.71. The van der Waals surface area contributed by atoms with E-state index in [1.807, 2.05) is 18.2 Å². The van der Waals surface area contributed by atoms with Gasteiger partial charge in [-0.25, -0.2) is 8.78 Å². The van der Waals surface area contributed by atoms with Crippen molar-refractivity contribution < 1.29 is 13.6 Å². The summed E-state index contributed by atoms with van der Waals surface area (Å²) in [6.07, 6.45) is 3.66. The van der Waals surface area contributed by atoms with Crippen molar-refractivity contribution in [3.63, 3.8) is 0 Å². The minimum atomic E-state index is -0.440. The van der Waals surface area contributed by atoms with Crippen LogP contribution in [0.5, 0.6) is 0 Å². The number of hydrogen-bond acceptors (Lipinski definition) is 3. The second-order valence-corrected chi connectivity index (χ2v) is 7.98. The first-order chi connectivity index (χ1) is 15.1. The summed E-state index contributed by atoms with van der Waals surface area (Å²) >= 11 is 0. The number of carbonyl (C=O) groups is 1. The first-order valence-electron chi connectivity index (χ1n) is 10.5. The number of piperidine rings is 1. The molecule has 1 saturated heterocycles.